The van der Waals surface area contributed by atoms with Gasteiger partial charge in [0.25, 0.3) is 0 Å². The van der Waals surface area contributed by atoms with E-state index in [-0.39, 0.29) is 41.5 Å². The maximum absolute atomic E-state index is 11.9. The van der Waals surface area contributed by atoms with Gasteiger partial charge < -0.3 is 14.8 Å². The van der Waals surface area contributed by atoms with E-state index in [1.807, 2.05) is 6.92 Å². The number of aliphatic hydroxyl groups is 1. The first kappa shape index (κ1) is 17.4. The topological polar surface area (TPSA) is 58.6 Å². The summed E-state index contributed by atoms with van der Waals surface area (Å²) in [5, 5.41) is 12.3. The van der Waals surface area contributed by atoms with Crippen LogP contribution in [0.25, 0.3) is 0 Å². The summed E-state index contributed by atoms with van der Waals surface area (Å²) < 4.78 is 6.31. The molecule has 4 nitrogen and oxygen atoms in total. The Kier molecular flexibility index (Phi) is 5.22. The molecule has 1 rings (SSSR count). The number of rotatable bonds is 6. The number of hydrogen-bond donors (Lipinski definition) is 2. The van der Waals surface area contributed by atoms with Gasteiger partial charge in [0.1, 0.15) is 0 Å². The Balaban J connectivity index is 2.78. The predicted octanol–water partition coefficient (Wildman–Crippen LogP) is 2.31. The molecule has 20 heavy (non-hydrogen) atoms. The van der Waals surface area contributed by atoms with Gasteiger partial charge in [0.2, 0.25) is 5.91 Å². The zero-order chi connectivity index (χ0) is 15.7. The number of β-lactam (4-membered cyclic amide) rings is 1. The van der Waals surface area contributed by atoms with Crippen LogP contribution in [-0.2, 0) is 9.22 Å². The summed E-state index contributed by atoms with van der Waals surface area (Å²) in [7, 11) is -1.90. The first-order chi connectivity index (χ1) is 9.05. The summed E-state index contributed by atoms with van der Waals surface area (Å²) in [6, 6.07) is -0.0650. The van der Waals surface area contributed by atoms with Crippen molar-refractivity contribution in [2.24, 2.45) is 11.8 Å². The second kappa shape index (κ2) is 5.99. The summed E-state index contributed by atoms with van der Waals surface area (Å²) in [5.41, 5.74) is 0. The molecule has 0 aromatic rings. The molecule has 1 fully saturated rings. The van der Waals surface area contributed by atoms with Gasteiger partial charge in [-0.1, -0.05) is 26.8 Å². The Bertz CT molecular complexity index is 376. The zero-order valence-electron chi connectivity index (χ0n) is 13.6. The number of aliphatic hydroxyl groups excluding tert-OH is 1. The molecule has 1 saturated heterocycles. The van der Waals surface area contributed by atoms with Gasteiger partial charge in [-0.25, -0.2) is 0 Å². The van der Waals surface area contributed by atoms with Crippen LogP contribution in [0.5, 0.6) is 0 Å². The molecular formula is C15H29NO3Si. The number of carbonyl (C=O) groups excluding carboxylic acids is 1. The Morgan fingerprint density at radius 1 is 1.50 bits per heavy atom. The van der Waals surface area contributed by atoms with Gasteiger partial charge in [-0.2, -0.15) is 0 Å². The Hall–Kier alpha value is -0.653. The van der Waals surface area contributed by atoms with E-state index in [0.29, 0.717) is 0 Å². The van der Waals surface area contributed by atoms with Gasteiger partial charge in [-0.15, -0.1) is 6.58 Å². The highest BCUT2D eigenvalue weighted by molar-refractivity contribution is 6.74. The van der Waals surface area contributed by atoms with Gasteiger partial charge in [0, 0.05) is 5.92 Å². The molecule has 0 aromatic heterocycles. The predicted molar refractivity (Wildman–Crippen MR) is 83.9 cm³/mol. The van der Waals surface area contributed by atoms with Gasteiger partial charge in [-0.05, 0) is 25.1 Å². The molecule has 1 heterocycles. The molecule has 0 radical (unpaired) electrons. The quantitative estimate of drug-likeness (QED) is 0.449. The van der Waals surface area contributed by atoms with Crippen molar-refractivity contribution >= 4 is 14.2 Å². The van der Waals surface area contributed by atoms with Crippen LogP contribution in [0.4, 0.5) is 0 Å². The molecule has 0 unspecified atom stereocenters. The number of hydrogen-bond acceptors (Lipinski definition) is 3. The smallest absolute Gasteiger partial charge is 0.228 e. The molecule has 0 bridgehead atoms. The number of carbonyl (C=O) groups is 1. The van der Waals surface area contributed by atoms with Crippen molar-refractivity contribution in [2.45, 2.75) is 58.0 Å². The van der Waals surface area contributed by atoms with Gasteiger partial charge in [-0.3, -0.25) is 4.79 Å². The molecule has 0 spiro atoms. The largest absolute Gasteiger partial charge is 0.413 e. The maximum atomic E-state index is 11.9. The number of amides is 1. The molecular weight excluding hydrogens is 270 g/mol. The van der Waals surface area contributed by atoms with E-state index >= 15 is 0 Å². The second-order valence-corrected chi connectivity index (χ2v) is 12.0. The maximum Gasteiger partial charge on any atom is 0.228 e. The lowest BCUT2D eigenvalue weighted by Crippen LogP contribution is -2.66. The molecule has 5 heteroatoms. The van der Waals surface area contributed by atoms with Crippen molar-refractivity contribution in [3.05, 3.63) is 12.7 Å². The highest BCUT2D eigenvalue weighted by atomic mass is 28.4. The molecule has 1 amide bonds. The summed E-state index contributed by atoms with van der Waals surface area (Å²) >= 11 is 0. The van der Waals surface area contributed by atoms with Crippen molar-refractivity contribution in [1.82, 2.24) is 5.32 Å². The van der Waals surface area contributed by atoms with Gasteiger partial charge in [0.15, 0.2) is 8.32 Å². The first-order valence-electron chi connectivity index (χ1n) is 7.26. The summed E-state index contributed by atoms with van der Waals surface area (Å²) in [4.78, 5) is 11.9. The molecule has 0 aliphatic carbocycles. The van der Waals surface area contributed by atoms with Crippen LogP contribution in [-0.4, -0.2) is 38.1 Å². The minimum Gasteiger partial charge on any atom is -0.413 e. The SMILES string of the molecule is C=C[C@@H](CO)[C@H]1NC(=O)[C@@H]1[C@@H](C)O[Si](C)(C)C(C)(C)C. The lowest BCUT2D eigenvalue weighted by Gasteiger charge is -2.47. The molecule has 1 aliphatic heterocycles. The first-order valence-corrected chi connectivity index (χ1v) is 10.2. The third-order valence-corrected chi connectivity index (χ3v) is 9.34. The molecule has 116 valence electrons. The van der Waals surface area contributed by atoms with Crippen LogP contribution in [0.2, 0.25) is 18.1 Å². The molecule has 0 saturated carbocycles. The monoisotopic (exact) mass is 299 g/mol. The fraction of sp³-hybridized carbons (Fsp3) is 0.800. The third-order valence-electron chi connectivity index (χ3n) is 4.77. The molecule has 0 aromatic carbocycles. The Morgan fingerprint density at radius 2 is 2.05 bits per heavy atom. The van der Waals surface area contributed by atoms with Crippen molar-refractivity contribution in [1.29, 1.82) is 0 Å². The minimum atomic E-state index is -1.90. The van der Waals surface area contributed by atoms with E-state index in [2.05, 4.69) is 45.8 Å². The second-order valence-electron chi connectivity index (χ2n) is 7.23. The zero-order valence-corrected chi connectivity index (χ0v) is 14.6. The number of nitrogens with one attached hydrogen (secondary N) is 1. The van der Waals surface area contributed by atoms with Crippen molar-refractivity contribution < 1.29 is 14.3 Å². The van der Waals surface area contributed by atoms with E-state index in [1.54, 1.807) is 6.08 Å². The Morgan fingerprint density at radius 3 is 2.40 bits per heavy atom. The normalized spacial score (nSPS) is 26.4. The van der Waals surface area contributed by atoms with Crippen molar-refractivity contribution in [3.63, 3.8) is 0 Å². The average molecular weight is 299 g/mol. The fourth-order valence-electron chi connectivity index (χ4n) is 2.35. The van der Waals surface area contributed by atoms with Crippen LogP contribution in [0.1, 0.15) is 27.7 Å². The van der Waals surface area contributed by atoms with E-state index in [9.17, 15) is 9.90 Å². The minimum absolute atomic E-state index is 0.00222. The highest BCUT2D eigenvalue weighted by Crippen LogP contribution is 2.39. The summed E-state index contributed by atoms with van der Waals surface area (Å²) in [6.45, 7) is 16.6. The molecule has 1 aliphatic rings. The summed E-state index contributed by atoms with van der Waals surface area (Å²) in [6.07, 6.45) is 1.57. The summed E-state index contributed by atoms with van der Waals surface area (Å²) in [5.74, 6) is -0.288. The Labute approximate surface area is 123 Å². The average Bonchev–Trinajstić information content (AvgIpc) is 2.26. The van der Waals surface area contributed by atoms with Crippen LogP contribution in [0, 0.1) is 11.8 Å². The lowest BCUT2D eigenvalue weighted by atomic mass is 9.78. The van der Waals surface area contributed by atoms with E-state index in [1.165, 1.54) is 0 Å². The lowest BCUT2D eigenvalue weighted by molar-refractivity contribution is -0.142. The van der Waals surface area contributed by atoms with E-state index in [0.717, 1.165) is 0 Å². The fourth-order valence-corrected chi connectivity index (χ4v) is 3.77. The van der Waals surface area contributed by atoms with Crippen LogP contribution >= 0.6 is 0 Å². The molecule has 2 N–H and O–H groups in total. The van der Waals surface area contributed by atoms with E-state index < -0.39 is 8.32 Å². The highest BCUT2D eigenvalue weighted by Gasteiger charge is 2.49. The van der Waals surface area contributed by atoms with Crippen LogP contribution < -0.4 is 5.32 Å². The molecule has 4 atom stereocenters. The third kappa shape index (κ3) is 3.32. The van der Waals surface area contributed by atoms with Crippen LogP contribution in [0.15, 0.2) is 12.7 Å². The van der Waals surface area contributed by atoms with E-state index in [4.69, 9.17) is 4.43 Å². The van der Waals surface area contributed by atoms with Gasteiger partial charge in [0.05, 0.1) is 24.7 Å². The van der Waals surface area contributed by atoms with Gasteiger partial charge >= 0.3 is 0 Å². The van der Waals surface area contributed by atoms with Crippen molar-refractivity contribution in [2.75, 3.05) is 6.61 Å². The van der Waals surface area contributed by atoms with Crippen LogP contribution in [0.3, 0.4) is 0 Å². The standard InChI is InChI=1S/C15H29NO3Si/c1-8-11(9-17)13-12(14(18)16-13)10(2)19-20(6,7)15(3,4)5/h8,10-13,17H,1,9H2,2-7H3,(H,16,18)/t10-,11+,12-,13-/m1/s1. The van der Waals surface area contributed by atoms with Crippen molar-refractivity contribution in [3.8, 4) is 0 Å².